The predicted molar refractivity (Wildman–Crippen MR) is 96.1 cm³/mol. The lowest BCUT2D eigenvalue weighted by Crippen LogP contribution is -2.51. The number of hydrogen-bond donors (Lipinski definition) is 3. The lowest BCUT2D eigenvalue weighted by molar-refractivity contribution is -0.123. The van der Waals surface area contributed by atoms with Crippen LogP contribution in [-0.4, -0.2) is 37.0 Å². The molecule has 0 bridgehead atoms. The number of nitrogens with zero attached hydrogens (tertiary/aromatic N) is 1. The number of hydrazine groups is 1. The SMILES string of the molecule is CC(=O)c1ccc(S(=O)(=O)N[C@@H](C)C(=O)NNC(=O)c2ccccn2)cc1. The van der Waals surface area contributed by atoms with Crippen LogP contribution in [0.1, 0.15) is 34.7 Å². The van der Waals surface area contributed by atoms with Gasteiger partial charge in [-0.05, 0) is 38.1 Å². The van der Waals surface area contributed by atoms with Crippen LogP contribution in [0.2, 0.25) is 0 Å². The van der Waals surface area contributed by atoms with Crippen LogP contribution >= 0.6 is 0 Å². The van der Waals surface area contributed by atoms with Crippen molar-refractivity contribution in [3.63, 3.8) is 0 Å². The Kier molecular flexibility index (Phi) is 6.37. The van der Waals surface area contributed by atoms with Gasteiger partial charge in [0.05, 0.1) is 10.9 Å². The average molecular weight is 390 g/mol. The summed E-state index contributed by atoms with van der Waals surface area (Å²) in [6.07, 6.45) is 1.42. The molecule has 0 unspecified atom stereocenters. The van der Waals surface area contributed by atoms with Crippen LogP contribution < -0.4 is 15.6 Å². The van der Waals surface area contributed by atoms with E-state index in [1.54, 1.807) is 12.1 Å². The zero-order chi connectivity index (χ0) is 20.0. The van der Waals surface area contributed by atoms with Gasteiger partial charge in [0.25, 0.3) is 11.8 Å². The summed E-state index contributed by atoms with van der Waals surface area (Å²) in [7, 11) is -3.98. The molecular weight excluding hydrogens is 372 g/mol. The molecular formula is C17H18N4O5S. The van der Waals surface area contributed by atoms with E-state index in [1.165, 1.54) is 50.4 Å². The van der Waals surface area contributed by atoms with Crippen LogP contribution in [0.5, 0.6) is 0 Å². The highest BCUT2D eigenvalue weighted by Gasteiger charge is 2.22. The van der Waals surface area contributed by atoms with Gasteiger partial charge in [0, 0.05) is 11.8 Å². The van der Waals surface area contributed by atoms with E-state index in [9.17, 15) is 22.8 Å². The molecule has 1 heterocycles. The second-order valence-electron chi connectivity index (χ2n) is 5.58. The molecule has 10 heteroatoms. The predicted octanol–water partition coefficient (Wildman–Crippen LogP) is 0.412. The van der Waals surface area contributed by atoms with Gasteiger partial charge in [0.1, 0.15) is 5.69 Å². The molecule has 0 radical (unpaired) electrons. The van der Waals surface area contributed by atoms with E-state index in [4.69, 9.17) is 0 Å². The van der Waals surface area contributed by atoms with Gasteiger partial charge in [0.2, 0.25) is 10.0 Å². The van der Waals surface area contributed by atoms with E-state index in [0.717, 1.165) is 0 Å². The molecule has 9 nitrogen and oxygen atoms in total. The molecule has 0 aliphatic rings. The highest BCUT2D eigenvalue weighted by molar-refractivity contribution is 7.89. The third-order valence-corrected chi connectivity index (χ3v) is 5.05. The molecule has 142 valence electrons. The van der Waals surface area contributed by atoms with Crippen molar-refractivity contribution in [2.75, 3.05) is 0 Å². The van der Waals surface area contributed by atoms with Gasteiger partial charge in [-0.1, -0.05) is 18.2 Å². The van der Waals surface area contributed by atoms with Gasteiger partial charge in [-0.15, -0.1) is 0 Å². The van der Waals surface area contributed by atoms with Gasteiger partial charge in [-0.25, -0.2) is 8.42 Å². The molecule has 27 heavy (non-hydrogen) atoms. The summed E-state index contributed by atoms with van der Waals surface area (Å²) in [5.74, 6) is -1.59. The maximum atomic E-state index is 12.3. The van der Waals surface area contributed by atoms with Crippen molar-refractivity contribution in [2.45, 2.75) is 24.8 Å². The molecule has 0 saturated heterocycles. The molecule has 2 rings (SSSR count). The fraction of sp³-hybridized carbons (Fsp3) is 0.176. The first-order valence-corrected chi connectivity index (χ1v) is 9.33. The highest BCUT2D eigenvalue weighted by Crippen LogP contribution is 2.11. The summed E-state index contributed by atoms with van der Waals surface area (Å²) in [4.78, 5) is 38.8. The van der Waals surface area contributed by atoms with Crippen molar-refractivity contribution < 1.29 is 22.8 Å². The Morgan fingerprint density at radius 3 is 2.22 bits per heavy atom. The molecule has 3 N–H and O–H groups in total. The number of sulfonamides is 1. The number of ketones is 1. The summed E-state index contributed by atoms with van der Waals surface area (Å²) in [6.45, 7) is 2.69. The van der Waals surface area contributed by atoms with E-state index in [0.29, 0.717) is 5.56 Å². The molecule has 0 fully saturated rings. The monoisotopic (exact) mass is 390 g/mol. The lowest BCUT2D eigenvalue weighted by Gasteiger charge is -2.15. The fourth-order valence-corrected chi connectivity index (χ4v) is 3.21. The van der Waals surface area contributed by atoms with Gasteiger partial charge < -0.3 is 0 Å². The number of rotatable bonds is 6. The summed E-state index contributed by atoms with van der Waals surface area (Å²) in [6, 6.07) is 8.85. The minimum atomic E-state index is -3.98. The van der Waals surface area contributed by atoms with Crippen LogP contribution in [0.3, 0.4) is 0 Å². The topological polar surface area (TPSA) is 134 Å². The summed E-state index contributed by atoms with van der Waals surface area (Å²) in [5.41, 5.74) is 4.75. The molecule has 1 aromatic heterocycles. The number of hydrogen-bond acceptors (Lipinski definition) is 6. The third kappa shape index (κ3) is 5.43. The quantitative estimate of drug-likeness (QED) is 0.483. The van der Waals surface area contributed by atoms with Crippen molar-refractivity contribution in [3.05, 3.63) is 59.9 Å². The normalized spacial score (nSPS) is 12.1. The summed E-state index contributed by atoms with van der Waals surface area (Å²) >= 11 is 0. The van der Waals surface area contributed by atoms with Crippen molar-refractivity contribution in [1.82, 2.24) is 20.6 Å². The highest BCUT2D eigenvalue weighted by atomic mass is 32.2. The molecule has 1 atom stereocenters. The van der Waals surface area contributed by atoms with E-state index >= 15 is 0 Å². The maximum Gasteiger partial charge on any atom is 0.288 e. The van der Waals surface area contributed by atoms with E-state index in [-0.39, 0.29) is 16.4 Å². The zero-order valence-electron chi connectivity index (χ0n) is 14.6. The lowest BCUT2D eigenvalue weighted by atomic mass is 10.2. The van der Waals surface area contributed by atoms with Crippen LogP contribution in [0.15, 0.2) is 53.6 Å². The van der Waals surface area contributed by atoms with Gasteiger partial charge in [-0.2, -0.15) is 4.72 Å². The van der Waals surface area contributed by atoms with Crippen molar-refractivity contribution in [3.8, 4) is 0 Å². The first kappa shape index (κ1) is 20.2. The van der Waals surface area contributed by atoms with Crippen molar-refractivity contribution >= 4 is 27.6 Å². The van der Waals surface area contributed by atoms with Crippen LogP contribution in [0.4, 0.5) is 0 Å². The molecule has 0 spiro atoms. The van der Waals surface area contributed by atoms with E-state index in [1.807, 2.05) is 0 Å². The second kappa shape index (κ2) is 8.52. The fourth-order valence-electron chi connectivity index (χ4n) is 2.01. The van der Waals surface area contributed by atoms with Crippen LogP contribution in [0.25, 0.3) is 0 Å². The third-order valence-electron chi connectivity index (χ3n) is 3.49. The molecule has 0 aliphatic carbocycles. The first-order valence-electron chi connectivity index (χ1n) is 7.85. The number of Topliss-reactive ketones (excluding diaryl/α,β-unsaturated/α-hetero) is 1. The number of benzene rings is 1. The minimum Gasteiger partial charge on any atom is -0.295 e. The van der Waals surface area contributed by atoms with Crippen LogP contribution in [0, 0.1) is 0 Å². The Balaban J connectivity index is 1.96. The van der Waals surface area contributed by atoms with Crippen molar-refractivity contribution in [2.24, 2.45) is 0 Å². The summed E-state index contributed by atoms with van der Waals surface area (Å²) in [5, 5.41) is 0. The zero-order valence-corrected chi connectivity index (χ0v) is 15.4. The second-order valence-corrected chi connectivity index (χ2v) is 7.30. The van der Waals surface area contributed by atoms with Gasteiger partial charge in [0.15, 0.2) is 5.78 Å². The molecule has 2 amide bonds. The number of pyridine rings is 1. The molecule has 0 saturated carbocycles. The average Bonchev–Trinajstić information content (AvgIpc) is 2.66. The standard InChI is InChI=1S/C17H18N4O5S/c1-11(16(23)19-20-17(24)15-5-3-4-10-18-15)21-27(25,26)14-8-6-13(7-9-14)12(2)22/h3-11,21H,1-2H3,(H,19,23)(H,20,24)/t11-/m0/s1. The van der Waals surface area contributed by atoms with Crippen molar-refractivity contribution in [1.29, 1.82) is 0 Å². The number of aromatic nitrogens is 1. The Labute approximate surface area is 156 Å². The van der Waals surface area contributed by atoms with Gasteiger partial charge >= 0.3 is 0 Å². The molecule has 1 aromatic carbocycles. The Morgan fingerprint density at radius 1 is 1.00 bits per heavy atom. The molecule has 2 aromatic rings. The first-order chi connectivity index (χ1) is 12.7. The Hall–Kier alpha value is -3.11. The minimum absolute atomic E-state index is 0.0929. The van der Waals surface area contributed by atoms with Gasteiger partial charge in [-0.3, -0.25) is 30.2 Å². The maximum absolute atomic E-state index is 12.3. The number of amides is 2. The number of carbonyl (C=O) groups excluding carboxylic acids is 3. The largest absolute Gasteiger partial charge is 0.295 e. The summed E-state index contributed by atoms with van der Waals surface area (Å²) < 4.78 is 26.8. The number of carbonyl (C=O) groups is 3. The number of nitrogens with one attached hydrogen (secondary N) is 3. The van der Waals surface area contributed by atoms with E-state index < -0.39 is 27.9 Å². The van der Waals surface area contributed by atoms with Crippen LogP contribution in [-0.2, 0) is 14.8 Å². The molecule has 0 aliphatic heterocycles. The Bertz CT molecular complexity index is 943. The van der Waals surface area contributed by atoms with E-state index in [2.05, 4.69) is 20.6 Å². The Morgan fingerprint density at radius 2 is 1.67 bits per heavy atom. The smallest absolute Gasteiger partial charge is 0.288 e.